The van der Waals surface area contributed by atoms with E-state index in [1.807, 2.05) is 30.3 Å². The van der Waals surface area contributed by atoms with Crippen LogP contribution in [0.2, 0.25) is 0 Å². The summed E-state index contributed by atoms with van der Waals surface area (Å²) in [5.41, 5.74) is -1.72. The summed E-state index contributed by atoms with van der Waals surface area (Å²) in [6, 6.07) is 11.7. The lowest BCUT2D eigenvalue weighted by Crippen LogP contribution is -2.52. The summed E-state index contributed by atoms with van der Waals surface area (Å²) in [4.78, 5) is 24.9. The highest BCUT2D eigenvalue weighted by atomic mass is 32.1. The Morgan fingerprint density at radius 2 is 1.82 bits per heavy atom. The van der Waals surface area contributed by atoms with E-state index in [1.165, 1.54) is 0 Å². The molecule has 0 unspecified atom stereocenters. The Morgan fingerprint density at radius 3 is 2.43 bits per heavy atom. The Hall–Kier alpha value is -3.01. The minimum atomic E-state index is -4.94. The van der Waals surface area contributed by atoms with Crippen LogP contribution < -0.4 is 4.90 Å². The van der Waals surface area contributed by atoms with Crippen molar-refractivity contribution in [3.8, 4) is 0 Å². The first-order valence-electron chi connectivity index (χ1n) is 8.20. The third-order valence-corrected chi connectivity index (χ3v) is 4.70. The molecule has 1 heterocycles. The second-order valence-electron chi connectivity index (χ2n) is 6.13. The normalized spacial score (nSPS) is 15.1. The molecule has 1 aliphatic rings. The van der Waals surface area contributed by atoms with E-state index in [9.17, 15) is 28.1 Å². The Balaban J connectivity index is 1.95. The van der Waals surface area contributed by atoms with E-state index in [1.54, 1.807) is 4.90 Å². The molecule has 3 rings (SSSR count). The van der Waals surface area contributed by atoms with Crippen molar-refractivity contribution in [1.82, 2.24) is 4.90 Å². The zero-order chi connectivity index (χ0) is 20.5. The molecule has 0 radical (unpaired) electrons. The van der Waals surface area contributed by atoms with Crippen molar-refractivity contribution in [1.29, 1.82) is 0 Å². The van der Waals surface area contributed by atoms with Gasteiger partial charge in [-0.2, -0.15) is 13.2 Å². The van der Waals surface area contributed by atoms with Gasteiger partial charge in [-0.25, -0.2) is 0 Å². The molecule has 10 heteroatoms. The SMILES string of the molecule is O=C1CCN(Cc2ccccc2)C(=S)N1c1ccc([N+](=O)[O-])c(C(F)(F)F)c1. The van der Waals surface area contributed by atoms with Crippen LogP contribution in [0, 0.1) is 10.1 Å². The van der Waals surface area contributed by atoms with Crippen LogP contribution in [0.5, 0.6) is 0 Å². The number of amides is 1. The number of benzene rings is 2. The smallest absolute Gasteiger partial charge is 0.344 e. The van der Waals surface area contributed by atoms with E-state index in [4.69, 9.17) is 12.2 Å². The van der Waals surface area contributed by atoms with Gasteiger partial charge in [-0.1, -0.05) is 30.3 Å². The maximum atomic E-state index is 13.3. The van der Waals surface area contributed by atoms with Crippen LogP contribution in [-0.2, 0) is 17.5 Å². The second kappa shape index (κ2) is 7.55. The van der Waals surface area contributed by atoms with Crippen LogP contribution in [0.4, 0.5) is 24.5 Å². The van der Waals surface area contributed by atoms with Gasteiger partial charge in [0.15, 0.2) is 5.11 Å². The lowest BCUT2D eigenvalue weighted by molar-refractivity contribution is -0.388. The standard InChI is InChI=1S/C18H14F3N3O3S/c19-18(20,21)14-10-13(6-7-15(14)24(26)27)23-16(25)8-9-22(17(23)28)11-12-4-2-1-3-5-12/h1-7,10H,8-9,11H2. The highest BCUT2D eigenvalue weighted by Crippen LogP contribution is 2.39. The average Bonchev–Trinajstić information content (AvgIpc) is 2.64. The molecule has 1 aliphatic heterocycles. The summed E-state index contributed by atoms with van der Waals surface area (Å²) >= 11 is 5.34. The molecule has 0 atom stereocenters. The van der Waals surface area contributed by atoms with Crippen LogP contribution in [0.25, 0.3) is 0 Å². The number of nitro benzene ring substituents is 1. The van der Waals surface area contributed by atoms with E-state index < -0.39 is 28.3 Å². The molecule has 1 saturated heterocycles. The number of halogens is 3. The number of carbonyl (C=O) groups is 1. The van der Waals surface area contributed by atoms with E-state index in [2.05, 4.69) is 0 Å². The van der Waals surface area contributed by atoms with E-state index in [0.717, 1.165) is 22.6 Å². The number of carbonyl (C=O) groups excluding carboxylic acids is 1. The molecule has 1 amide bonds. The van der Waals surface area contributed by atoms with Gasteiger partial charge in [0, 0.05) is 25.6 Å². The number of thiocarbonyl (C=S) groups is 1. The highest BCUT2D eigenvalue weighted by molar-refractivity contribution is 7.80. The van der Waals surface area contributed by atoms with Crippen LogP contribution >= 0.6 is 12.2 Å². The molecule has 1 fully saturated rings. The summed E-state index contributed by atoms with van der Waals surface area (Å²) in [7, 11) is 0. The lowest BCUT2D eigenvalue weighted by Gasteiger charge is -2.37. The van der Waals surface area contributed by atoms with Crippen molar-refractivity contribution in [2.45, 2.75) is 19.1 Å². The molecule has 2 aromatic carbocycles. The van der Waals surface area contributed by atoms with Crippen molar-refractivity contribution in [3.63, 3.8) is 0 Å². The van der Waals surface area contributed by atoms with Crippen molar-refractivity contribution in [3.05, 3.63) is 69.8 Å². The minimum absolute atomic E-state index is 0.0575. The second-order valence-corrected chi connectivity index (χ2v) is 6.49. The molecule has 0 aromatic heterocycles. The summed E-state index contributed by atoms with van der Waals surface area (Å²) in [6.45, 7) is 0.727. The quantitative estimate of drug-likeness (QED) is 0.431. The fraction of sp³-hybridized carbons (Fsp3) is 0.222. The monoisotopic (exact) mass is 409 g/mol. The fourth-order valence-electron chi connectivity index (χ4n) is 2.94. The Bertz CT molecular complexity index is 935. The first kappa shape index (κ1) is 19.7. The summed E-state index contributed by atoms with van der Waals surface area (Å²) in [5, 5.41) is 11.0. The van der Waals surface area contributed by atoms with Crippen molar-refractivity contribution in [2.24, 2.45) is 0 Å². The highest BCUT2D eigenvalue weighted by Gasteiger charge is 2.40. The van der Waals surface area contributed by atoms with Crippen molar-refractivity contribution < 1.29 is 22.9 Å². The number of nitrogens with zero attached hydrogens (tertiary/aromatic N) is 3. The van der Waals surface area contributed by atoms with Gasteiger partial charge in [-0.15, -0.1) is 0 Å². The van der Waals surface area contributed by atoms with Crippen LogP contribution in [0.15, 0.2) is 48.5 Å². The zero-order valence-corrected chi connectivity index (χ0v) is 15.2. The van der Waals surface area contributed by atoms with Gasteiger partial charge >= 0.3 is 6.18 Å². The van der Waals surface area contributed by atoms with E-state index in [-0.39, 0.29) is 17.2 Å². The summed E-state index contributed by atoms with van der Waals surface area (Å²) in [6.07, 6.45) is -4.88. The molecular weight excluding hydrogens is 395 g/mol. The molecule has 0 saturated carbocycles. The lowest BCUT2D eigenvalue weighted by atomic mass is 10.1. The van der Waals surface area contributed by atoms with Gasteiger partial charge in [-0.05, 0) is 29.9 Å². The molecular formula is C18H14F3N3O3S. The third-order valence-electron chi connectivity index (χ3n) is 4.26. The predicted octanol–water partition coefficient (Wildman–Crippen LogP) is 4.14. The molecule has 0 spiro atoms. The van der Waals surface area contributed by atoms with Gasteiger partial charge in [0.1, 0.15) is 5.56 Å². The molecule has 0 N–H and O–H groups in total. The Morgan fingerprint density at radius 1 is 1.14 bits per heavy atom. The number of hydrogen-bond acceptors (Lipinski definition) is 4. The van der Waals surface area contributed by atoms with Gasteiger partial charge in [0.05, 0.1) is 10.6 Å². The Labute approximate surface area is 163 Å². The molecule has 146 valence electrons. The Kier molecular flexibility index (Phi) is 5.32. The molecule has 6 nitrogen and oxygen atoms in total. The van der Waals surface area contributed by atoms with Gasteiger partial charge in [0.2, 0.25) is 5.91 Å². The van der Waals surface area contributed by atoms with Crippen LogP contribution in [0.1, 0.15) is 17.5 Å². The van der Waals surface area contributed by atoms with Crippen molar-refractivity contribution >= 4 is 34.6 Å². The first-order chi connectivity index (χ1) is 13.2. The number of rotatable bonds is 4. The van der Waals surface area contributed by atoms with Gasteiger partial charge < -0.3 is 4.90 Å². The average molecular weight is 409 g/mol. The predicted molar refractivity (Wildman–Crippen MR) is 99.7 cm³/mol. The maximum absolute atomic E-state index is 13.3. The first-order valence-corrected chi connectivity index (χ1v) is 8.60. The van der Waals surface area contributed by atoms with Crippen LogP contribution in [-0.4, -0.2) is 27.4 Å². The third kappa shape index (κ3) is 3.96. The van der Waals surface area contributed by atoms with Crippen LogP contribution in [0.3, 0.4) is 0 Å². The van der Waals surface area contributed by atoms with E-state index >= 15 is 0 Å². The maximum Gasteiger partial charge on any atom is 0.423 e. The van der Waals surface area contributed by atoms with Crippen molar-refractivity contribution in [2.75, 3.05) is 11.4 Å². The molecule has 0 aliphatic carbocycles. The molecule has 28 heavy (non-hydrogen) atoms. The van der Waals surface area contributed by atoms with E-state index in [0.29, 0.717) is 19.2 Å². The number of alkyl halides is 3. The number of hydrogen-bond donors (Lipinski definition) is 0. The largest absolute Gasteiger partial charge is 0.423 e. The topological polar surface area (TPSA) is 66.7 Å². The summed E-state index contributed by atoms with van der Waals surface area (Å²) < 4.78 is 39.8. The fourth-order valence-corrected chi connectivity index (χ4v) is 3.30. The molecule has 0 bridgehead atoms. The number of nitro groups is 1. The minimum Gasteiger partial charge on any atom is -0.344 e. The number of anilines is 1. The molecule has 2 aromatic rings. The van der Waals surface area contributed by atoms with Gasteiger partial charge in [-0.3, -0.25) is 19.8 Å². The summed E-state index contributed by atoms with van der Waals surface area (Å²) in [5.74, 6) is -0.462. The van der Waals surface area contributed by atoms with Gasteiger partial charge in [0.25, 0.3) is 5.69 Å². The zero-order valence-electron chi connectivity index (χ0n) is 14.3.